The van der Waals surface area contributed by atoms with Crippen molar-refractivity contribution >= 4 is 23.4 Å². The quantitative estimate of drug-likeness (QED) is 0.534. The molecule has 102 valence electrons. The first-order chi connectivity index (χ1) is 8.67. The third-order valence-electron chi connectivity index (χ3n) is 3.00. The molecule has 0 bridgehead atoms. The molecule has 1 atom stereocenters. The predicted octanol–water partition coefficient (Wildman–Crippen LogP) is 4.98. The first-order valence-electron chi connectivity index (χ1n) is 6.79. The van der Waals surface area contributed by atoms with E-state index in [2.05, 4.69) is 44.3 Å². The summed E-state index contributed by atoms with van der Waals surface area (Å²) in [6.07, 6.45) is 2.39. The van der Waals surface area contributed by atoms with E-state index in [9.17, 15) is 0 Å². The molecule has 0 heterocycles. The lowest BCUT2D eigenvalue weighted by molar-refractivity contribution is 0.637. The molecule has 1 rings (SSSR count). The van der Waals surface area contributed by atoms with Crippen LogP contribution in [0.2, 0.25) is 5.02 Å². The molecule has 0 aliphatic heterocycles. The second-order valence-corrected chi connectivity index (χ2v) is 6.26. The minimum absolute atomic E-state index is 0.764. The Morgan fingerprint density at radius 1 is 1.33 bits per heavy atom. The third kappa shape index (κ3) is 5.64. The first kappa shape index (κ1) is 15.9. The molecule has 0 spiro atoms. The Bertz CT molecular complexity index is 354. The summed E-state index contributed by atoms with van der Waals surface area (Å²) < 4.78 is 0. The van der Waals surface area contributed by atoms with E-state index in [0.29, 0.717) is 0 Å². The average Bonchev–Trinajstić information content (AvgIpc) is 2.38. The summed E-state index contributed by atoms with van der Waals surface area (Å²) in [6.45, 7) is 8.60. The molecule has 1 unspecified atom stereocenters. The van der Waals surface area contributed by atoms with Gasteiger partial charge in [0.25, 0.3) is 0 Å². The summed E-state index contributed by atoms with van der Waals surface area (Å²) in [7, 11) is 0. The zero-order valence-electron chi connectivity index (χ0n) is 11.6. The molecule has 0 saturated heterocycles. The second-order valence-electron chi connectivity index (χ2n) is 4.75. The lowest BCUT2D eigenvalue weighted by Crippen LogP contribution is -2.13. The van der Waals surface area contributed by atoms with Crippen LogP contribution in [0.1, 0.15) is 39.2 Å². The van der Waals surface area contributed by atoms with E-state index in [1.54, 1.807) is 0 Å². The number of hydrogen-bond acceptors (Lipinski definition) is 2. The molecule has 0 saturated carbocycles. The van der Waals surface area contributed by atoms with Gasteiger partial charge < -0.3 is 5.32 Å². The molecule has 0 aromatic heterocycles. The van der Waals surface area contributed by atoms with E-state index >= 15 is 0 Å². The molecule has 3 heteroatoms. The van der Waals surface area contributed by atoms with Gasteiger partial charge in [0, 0.05) is 22.2 Å². The number of benzene rings is 1. The Kier molecular flexibility index (Phi) is 7.80. The zero-order valence-corrected chi connectivity index (χ0v) is 13.2. The Morgan fingerprint density at radius 3 is 2.72 bits per heavy atom. The van der Waals surface area contributed by atoms with Crippen molar-refractivity contribution in [1.29, 1.82) is 0 Å². The Morgan fingerprint density at radius 2 is 2.11 bits per heavy atom. The van der Waals surface area contributed by atoms with Gasteiger partial charge in [-0.3, -0.25) is 0 Å². The lowest BCUT2D eigenvalue weighted by atomic mass is 10.2. The molecule has 1 aromatic carbocycles. The molecule has 0 fully saturated rings. The molecule has 0 aliphatic carbocycles. The summed E-state index contributed by atoms with van der Waals surface area (Å²) in [5, 5.41) is 4.26. The molecule has 0 amide bonds. The zero-order chi connectivity index (χ0) is 13.4. The van der Waals surface area contributed by atoms with Gasteiger partial charge in [-0.1, -0.05) is 44.9 Å². The van der Waals surface area contributed by atoms with E-state index in [-0.39, 0.29) is 0 Å². The van der Waals surface area contributed by atoms with Crippen molar-refractivity contribution in [2.45, 2.75) is 45.1 Å². The van der Waals surface area contributed by atoms with Crippen molar-refractivity contribution in [1.82, 2.24) is 5.32 Å². The normalized spacial score (nSPS) is 12.7. The van der Waals surface area contributed by atoms with Gasteiger partial charge in [0.15, 0.2) is 0 Å². The molecular formula is C15H24ClNS. The molecule has 0 aliphatic rings. The SMILES string of the molecule is CCCNCc1ccc(SCC(C)CC)cc1Cl. The largest absolute Gasteiger partial charge is 0.313 e. The molecule has 18 heavy (non-hydrogen) atoms. The highest BCUT2D eigenvalue weighted by Crippen LogP contribution is 2.27. The van der Waals surface area contributed by atoms with E-state index in [0.717, 1.165) is 30.5 Å². The molecule has 1 nitrogen and oxygen atoms in total. The monoisotopic (exact) mass is 285 g/mol. The van der Waals surface area contributed by atoms with Crippen molar-refractivity contribution in [3.8, 4) is 0 Å². The smallest absolute Gasteiger partial charge is 0.0462 e. The van der Waals surface area contributed by atoms with Crippen LogP contribution in [0, 0.1) is 5.92 Å². The van der Waals surface area contributed by atoms with E-state index in [1.807, 2.05) is 11.8 Å². The molecule has 0 radical (unpaired) electrons. The fourth-order valence-corrected chi connectivity index (χ4v) is 2.91. The van der Waals surface area contributed by atoms with Crippen molar-refractivity contribution in [3.63, 3.8) is 0 Å². The van der Waals surface area contributed by atoms with Gasteiger partial charge in [0.1, 0.15) is 0 Å². The maximum absolute atomic E-state index is 6.30. The number of halogens is 1. The third-order valence-corrected chi connectivity index (χ3v) is 4.67. The minimum atomic E-state index is 0.764. The predicted molar refractivity (Wildman–Crippen MR) is 83.6 cm³/mol. The lowest BCUT2D eigenvalue weighted by Gasteiger charge is -2.10. The topological polar surface area (TPSA) is 12.0 Å². The van der Waals surface area contributed by atoms with Gasteiger partial charge in [-0.2, -0.15) is 0 Å². The average molecular weight is 286 g/mol. The molecule has 1 aromatic rings. The Hall–Kier alpha value is -0.180. The highest BCUT2D eigenvalue weighted by atomic mass is 35.5. The maximum Gasteiger partial charge on any atom is 0.0462 e. The highest BCUT2D eigenvalue weighted by molar-refractivity contribution is 7.99. The van der Waals surface area contributed by atoms with Crippen molar-refractivity contribution in [2.75, 3.05) is 12.3 Å². The van der Waals surface area contributed by atoms with Crippen LogP contribution in [0.3, 0.4) is 0 Å². The maximum atomic E-state index is 6.30. The van der Waals surface area contributed by atoms with Gasteiger partial charge in [-0.25, -0.2) is 0 Å². The molecular weight excluding hydrogens is 262 g/mol. The van der Waals surface area contributed by atoms with E-state index in [1.165, 1.54) is 22.6 Å². The number of nitrogens with one attached hydrogen (secondary N) is 1. The number of thioether (sulfide) groups is 1. The van der Waals surface area contributed by atoms with Gasteiger partial charge >= 0.3 is 0 Å². The van der Waals surface area contributed by atoms with Gasteiger partial charge in [0.2, 0.25) is 0 Å². The summed E-state index contributed by atoms with van der Waals surface area (Å²) in [6, 6.07) is 6.42. The standard InChI is InChI=1S/C15H24ClNS/c1-4-8-17-10-13-6-7-14(9-15(13)16)18-11-12(3)5-2/h6-7,9,12,17H,4-5,8,10-11H2,1-3H3. The van der Waals surface area contributed by atoms with Gasteiger partial charge in [0.05, 0.1) is 0 Å². The number of hydrogen-bond donors (Lipinski definition) is 1. The van der Waals surface area contributed by atoms with Crippen LogP contribution >= 0.6 is 23.4 Å². The van der Waals surface area contributed by atoms with Crippen LogP contribution in [0.15, 0.2) is 23.1 Å². The summed E-state index contributed by atoms with van der Waals surface area (Å²) in [5.41, 5.74) is 1.19. The fraction of sp³-hybridized carbons (Fsp3) is 0.600. The minimum Gasteiger partial charge on any atom is -0.313 e. The van der Waals surface area contributed by atoms with Crippen LogP contribution in [0.5, 0.6) is 0 Å². The van der Waals surface area contributed by atoms with Gasteiger partial charge in [-0.15, -0.1) is 11.8 Å². The van der Waals surface area contributed by atoms with Gasteiger partial charge in [-0.05, 0) is 36.6 Å². The van der Waals surface area contributed by atoms with E-state index in [4.69, 9.17) is 11.6 Å². The Labute approximate surface area is 121 Å². The number of rotatable bonds is 8. The highest BCUT2D eigenvalue weighted by Gasteiger charge is 2.04. The van der Waals surface area contributed by atoms with Crippen molar-refractivity contribution < 1.29 is 0 Å². The Balaban J connectivity index is 2.50. The van der Waals surface area contributed by atoms with Crippen LogP contribution in [-0.2, 0) is 6.54 Å². The van der Waals surface area contributed by atoms with Crippen molar-refractivity contribution in [2.24, 2.45) is 5.92 Å². The second kappa shape index (κ2) is 8.84. The summed E-state index contributed by atoms with van der Waals surface area (Å²) in [4.78, 5) is 1.28. The molecule has 1 N–H and O–H groups in total. The van der Waals surface area contributed by atoms with Crippen LogP contribution < -0.4 is 5.32 Å². The first-order valence-corrected chi connectivity index (χ1v) is 8.15. The van der Waals surface area contributed by atoms with Crippen LogP contribution in [0.25, 0.3) is 0 Å². The van der Waals surface area contributed by atoms with Crippen LogP contribution in [-0.4, -0.2) is 12.3 Å². The summed E-state index contributed by atoms with van der Waals surface area (Å²) >= 11 is 8.20. The van der Waals surface area contributed by atoms with Crippen molar-refractivity contribution in [3.05, 3.63) is 28.8 Å². The van der Waals surface area contributed by atoms with Crippen LogP contribution in [0.4, 0.5) is 0 Å². The summed E-state index contributed by atoms with van der Waals surface area (Å²) in [5.74, 6) is 1.93. The fourth-order valence-electron chi connectivity index (χ4n) is 1.52. The van der Waals surface area contributed by atoms with E-state index < -0.39 is 0 Å².